The lowest BCUT2D eigenvalue weighted by Gasteiger charge is -2.39. The molecule has 2 nitrogen and oxygen atoms in total. The van der Waals surface area contributed by atoms with Crippen LogP contribution in [-0.2, 0) is 0 Å². The summed E-state index contributed by atoms with van der Waals surface area (Å²) in [7, 11) is 2.23. The van der Waals surface area contributed by atoms with Crippen LogP contribution in [0.4, 0.5) is 5.69 Å². The molecule has 1 aromatic rings. The molecule has 0 N–H and O–H groups in total. The third kappa shape index (κ3) is 3.91. The monoisotopic (exact) mass is 314 g/mol. The second-order valence-electron chi connectivity index (χ2n) is 8.76. The van der Waals surface area contributed by atoms with Gasteiger partial charge in [-0.25, -0.2) is 0 Å². The van der Waals surface area contributed by atoms with E-state index in [9.17, 15) is 0 Å². The molecule has 128 valence electrons. The lowest BCUT2D eigenvalue weighted by Crippen LogP contribution is -2.45. The minimum atomic E-state index is 0.474. The molecule has 1 saturated carbocycles. The van der Waals surface area contributed by atoms with Crippen LogP contribution >= 0.6 is 0 Å². The van der Waals surface area contributed by atoms with Gasteiger partial charge in [0.15, 0.2) is 0 Å². The molecule has 1 saturated heterocycles. The third-order valence-electron chi connectivity index (χ3n) is 6.17. The number of piperazine rings is 1. The number of nitrogens with zero attached hydrogens (tertiary/aromatic N) is 2. The fourth-order valence-electron chi connectivity index (χ4n) is 4.44. The molecule has 0 radical (unpaired) electrons. The van der Waals surface area contributed by atoms with Crippen LogP contribution < -0.4 is 4.90 Å². The number of para-hydroxylation sites is 1. The van der Waals surface area contributed by atoms with Crippen LogP contribution in [0.1, 0.15) is 57.9 Å². The summed E-state index contributed by atoms with van der Waals surface area (Å²) in [5.41, 5.74) is 3.60. The highest BCUT2D eigenvalue weighted by atomic mass is 15.2. The fraction of sp³-hybridized carbons (Fsp3) is 0.714. The van der Waals surface area contributed by atoms with Gasteiger partial charge in [-0.05, 0) is 61.6 Å². The van der Waals surface area contributed by atoms with E-state index in [-0.39, 0.29) is 0 Å². The lowest BCUT2D eigenvalue weighted by molar-refractivity contribution is 0.169. The van der Waals surface area contributed by atoms with E-state index in [4.69, 9.17) is 0 Å². The number of benzene rings is 1. The summed E-state index contributed by atoms with van der Waals surface area (Å²) in [5.74, 6) is 1.67. The van der Waals surface area contributed by atoms with Crippen molar-refractivity contribution in [3.05, 3.63) is 29.8 Å². The van der Waals surface area contributed by atoms with Gasteiger partial charge in [0, 0.05) is 31.9 Å². The lowest BCUT2D eigenvalue weighted by atomic mass is 9.68. The molecule has 0 amide bonds. The second kappa shape index (κ2) is 6.84. The molecule has 23 heavy (non-hydrogen) atoms. The van der Waals surface area contributed by atoms with Crippen molar-refractivity contribution >= 4 is 5.69 Å². The third-order valence-corrected chi connectivity index (χ3v) is 6.17. The number of hydrogen-bond donors (Lipinski definition) is 0. The van der Waals surface area contributed by atoms with E-state index in [0.717, 1.165) is 11.8 Å². The molecule has 3 rings (SSSR count). The highest BCUT2D eigenvalue weighted by Gasteiger charge is 2.31. The molecular weight excluding hydrogens is 280 g/mol. The molecular formula is C21H34N2. The molecule has 2 fully saturated rings. The molecule has 1 aliphatic carbocycles. The van der Waals surface area contributed by atoms with Crippen LogP contribution in [0.25, 0.3) is 0 Å². The van der Waals surface area contributed by atoms with Gasteiger partial charge in [0.1, 0.15) is 0 Å². The number of likely N-dealkylation sites (N-methyl/N-ethyl adjacent to an activating group) is 1. The molecule has 0 aromatic heterocycles. The van der Waals surface area contributed by atoms with Gasteiger partial charge in [-0.1, -0.05) is 39.0 Å². The smallest absolute Gasteiger partial charge is 0.0402 e. The maximum atomic E-state index is 2.62. The Labute approximate surface area is 142 Å². The number of rotatable bonds is 2. The largest absolute Gasteiger partial charge is 0.369 e. The van der Waals surface area contributed by atoms with E-state index in [1.54, 1.807) is 5.56 Å². The molecule has 0 bridgehead atoms. The highest BCUT2D eigenvalue weighted by molar-refractivity contribution is 5.55. The van der Waals surface area contributed by atoms with Crippen LogP contribution in [0.2, 0.25) is 0 Å². The normalized spacial score (nSPS) is 27.2. The minimum absolute atomic E-state index is 0.474. The highest BCUT2D eigenvalue weighted by Crippen LogP contribution is 2.45. The summed E-state index contributed by atoms with van der Waals surface area (Å²) in [6, 6.07) is 9.22. The van der Waals surface area contributed by atoms with E-state index in [0.29, 0.717) is 5.41 Å². The van der Waals surface area contributed by atoms with Crippen molar-refractivity contribution in [3.63, 3.8) is 0 Å². The number of anilines is 1. The molecule has 1 heterocycles. The quantitative estimate of drug-likeness (QED) is 0.776. The van der Waals surface area contributed by atoms with Gasteiger partial charge in [0.05, 0.1) is 0 Å². The van der Waals surface area contributed by atoms with Crippen molar-refractivity contribution in [2.45, 2.75) is 52.4 Å². The van der Waals surface area contributed by atoms with Crippen molar-refractivity contribution in [1.29, 1.82) is 0 Å². The summed E-state index contributed by atoms with van der Waals surface area (Å²) < 4.78 is 0. The topological polar surface area (TPSA) is 6.48 Å². The van der Waals surface area contributed by atoms with Crippen LogP contribution in [0.5, 0.6) is 0 Å². The van der Waals surface area contributed by atoms with Crippen molar-refractivity contribution < 1.29 is 0 Å². The average molecular weight is 315 g/mol. The first-order valence-corrected chi connectivity index (χ1v) is 9.47. The summed E-state index contributed by atoms with van der Waals surface area (Å²) >= 11 is 0. The number of hydrogen-bond acceptors (Lipinski definition) is 2. The van der Waals surface area contributed by atoms with Gasteiger partial charge < -0.3 is 9.80 Å². The minimum Gasteiger partial charge on any atom is -0.369 e. The van der Waals surface area contributed by atoms with E-state index in [2.05, 4.69) is 61.9 Å². The molecule has 0 unspecified atom stereocenters. The van der Waals surface area contributed by atoms with Gasteiger partial charge in [0.2, 0.25) is 0 Å². The van der Waals surface area contributed by atoms with Gasteiger partial charge in [-0.15, -0.1) is 0 Å². The van der Waals surface area contributed by atoms with E-state index in [1.165, 1.54) is 57.5 Å². The zero-order valence-corrected chi connectivity index (χ0v) is 15.5. The van der Waals surface area contributed by atoms with Gasteiger partial charge >= 0.3 is 0 Å². The van der Waals surface area contributed by atoms with Crippen LogP contribution in [-0.4, -0.2) is 38.1 Å². The Kier molecular flexibility index (Phi) is 5.01. The molecule has 1 aromatic carbocycles. The SMILES string of the molecule is CN1CCN(c2ccccc2C2CCC(C(C)(C)C)CC2)CC1. The molecule has 1 aliphatic heterocycles. The molecule has 2 aliphatic rings. The van der Waals surface area contributed by atoms with Gasteiger partial charge in [-0.2, -0.15) is 0 Å². The summed E-state index contributed by atoms with van der Waals surface area (Å²) in [5, 5.41) is 0. The van der Waals surface area contributed by atoms with Crippen molar-refractivity contribution in [1.82, 2.24) is 4.90 Å². The van der Waals surface area contributed by atoms with Crippen molar-refractivity contribution in [2.75, 3.05) is 38.1 Å². The van der Waals surface area contributed by atoms with E-state index >= 15 is 0 Å². The van der Waals surface area contributed by atoms with Gasteiger partial charge in [0.25, 0.3) is 0 Å². The summed E-state index contributed by atoms with van der Waals surface area (Å²) in [6.07, 6.45) is 5.52. The fourth-order valence-corrected chi connectivity index (χ4v) is 4.44. The standard InChI is InChI=1S/C21H34N2/c1-21(2,3)18-11-9-17(10-12-18)19-7-5-6-8-20(19)23-15-13-22(4)14-16-23/h5-8,17-18H,9-16H2,1-4H3. The first-order valence-electron chi connectivity index (χ1n) is 9.47. The van der Waals surface area contributed by atoms with Crippen LogP contribution in [0.3, 0.4) is 0 Å². The summed E-state index contributed by atoms with van der Waals surface area (Å²) in [6.45, 7) is 12.0. The Morgan fingerprint density at radius 3 is 2.09 bits per heavy atom. The second-order valence-corrected chi connectivity index (χ2v) is 8.76. The van der Waals surface area contributed by atoms with E-state index < -0.39 is 0 Å². The molecule has 0 atom stereocenters. The Balaban J connectivity index is 1.72. The van der Waals surface area contributed by atoms with E-state index in [1.807, 2.05) is 0 Å². The Morgan fingerprint density at radius 2 is 1.48 bits per heavy atom. The zero-order chi connectivity index (χ0) is 16.4. The molecule has 2 heteroatoms. The Bertz CT molecular complexity index is 501. The first kappa shape index (κ1) is 16.8. The Morgan fingerprint density at radius 1 is 0.870 bits per heavy atom. The average Bonchev–Trinajstić information content (AvgIpc) is 2.55. The first-order chi connectivity index (χ1) is 10.9. The molecule has 0 spiro atoms. The zero-order valence-electron chi connectivity index (χ0n) is 15.5. The van der Waals surface area contributed by atoms with Crippen molar-refractivity contribution in [3.8, 4) is 0 Å². The maximum Gasteiger partial charge on any atom is 0.0402 e. The van der Waals surface area contributed by atoms with Crippen LogP contribution in [0, 0.1) is 11.3 Å². The Hall–Kier alpha value is -1.02. The van der Waals surface area contributed by atoms with Crippen molar-refractivity contribution in [2.24, 2.45) is 11.3 Å². The van der Waals surface area contributed by atoms with Crippen LogP contribution in [0.15, 0.2) is 24.3 Å². The summed E-state index contributed by atoms with van der Waals surface area (Å²) in [4.78, 5) is 5.05. The van der Waals surface area contributed by atoms with Gasteiger partial charge in [-0.3, -0.25) is 0 Å². The predicted molar refractivity (Wildman–Crippen MR) is 100 cm³/mol. The predicted octanol–water partition coefficient (Wildman–Crippen LogP) is 4.76. The maximum absolute atomic E-state index is 2.62.